The fraction of sp³-hybridized carbons (Fsp3) is 0.750. The van der Waals surface area contributed by atoms with Crippen LogP contribution in [0, 0.1) is 87.5 Å². The Balaban J connectivity index is -0.000000118. The molecule has 0 atom stereocenters. The summed E-state index contributed by atoms with van der Waals surface area (Å²) in [6, 6.07) is 0. The van der Waals surface area contributed by atoms with Crippen LogP contribution in [0.1, 0.15) is 13.8 Å². The SMILES string of the molecule is CC(C)CN1C=CN(C)C1.O=[N+]([O-])[O-].O=[N+]([O-])[O-].O=[N+]([O-])[O-].[La+3]. The van der Waals surface area contributed by atoms with Crippen molar-refractivity contribution >= 4 is 0 Å². The van der Waals surface area contributed by atoms with E-state index in [1.54, 1.807) is 0 Å². The van der Waals surface area contributed by atoms with Gasteiger partial charge in [-0.1, -0.05) is 13.8 Å². The maximum Gasteiger partial charge on any atom is 3.00 e. The van der Waals surface area contributed by atoms with Gasteiger partial charge >= 0.3 is 35.6 Å². The summed E-state index contributed by atoms with van der Waals surface area (Å²) >= 11 is 0. The summed E-state index contributed by atoms with van der Waals surface area (Å²) in [5.41, 5.74) is 0. The minimum atomic E-state index is -1.75. The maximum atomic E-state index is 8.25. The van der Waals surface area contributed by atoms with Crippen LogP contribution in [0.3, 0.4) is 0 Å². The van der Waals surface area contributed by atoms with Crippen LogP contribution in [0.15, 0.2) is 12.4 Å². The van der Waals surface area contributed by atoms with Crippen molar-refractivity contribution in [1.82, 2.24) is 9.80 Å². The fourth-order valence-corrected chi connectivity index (χ4v) is 1.18. The molecule has 0 saturated carbocycles. The molecule has 0 amide bonds. The third kappa shape index (κ3) is 53.4. The van der Waals surface area contributed by atoms with Gasteiger partial charge in [0.1, 0.15) is 0 Å². The van der Waals surface area contributed by atoms with Gasteiger partial charge in [0, 0.05) is 26.0 Å². The summed E-state index contributed by atoms with van der Waals surface area (Å²) in [7, 11) is 2.09. The second-order valence-electron chi connectivity index (χ2n) is 4.03. The molecule has 23 heavy (non-hydrogen) atoms. The molecule has 1 aliphatic rings. The Kier molecular flexibility index (Phi) is 23.1. The van der Waals surface area contributed by atoms with Crippen molar-refractivity contribution in [2.75, 3.05) is 20.3 Å². The second-order valence-corrected chi connectivity index (χ2v) is 4.03. The molecular formula is C8H16LaN5O9. The van der Waals surface area contributed by atoms with Gasteiger partial charge < -0.3 is 55.8 Å². The van der Waals surface area contributed by atoms with Crippen LogP contribution >= 0.6 is 0 Å². The summed E-state index contributed by atoms with van der Waals surface area (Å²) in [6.07, 6.45) is 4.27. The van der Waals surface area contributed by atoms with Gasteiger partial charge in [0.2, 0.25) is 0 Å². The molecule has 0 aromatic rings. The van der Waals surface area contributed by atoms with Crippen LogP contribution in [-0.2, 0) is 0 Å². The molecule has 1 heterocycles. The molecule has 0 fully saturated rings. The summed E-state index contributed by atoms with van der Waals surface area (Å²) < 4.78 is 0. The van der Waals surface area contributed by atoms with Gasteiger partial charge in [-0.2, -0.15) is 0 Å². The third-order valence-corrected chi connectivity index (χ3v) is 1.54. The second kappa shape index (κ2) is 18.2. The van der Waals surface area contributed by atoms with Crippen molar-refractivity contribution in [3.8, 4) is 0 Å². The van der Waals surface area contributed by atoms with Gasteiger partial charge in [0.05, 0.1) is 21.9 Å². The van der Waals surface area contributed by atoms with Gasteiger partial charge in [-0.15, -0.1) is 0 Å². The van der Waals surface area contributed by atoms with Gasteiger partial charge in [-0.3, -0.25) is 0 Å². The van der Waals surface area contributed by atoms with Crippen molar-refractivity contribution in [3.63, 3.8) is 0 Å². The first-order valence-corrected chi connectivity index (χ1v) is 5.45. The molecule has 1 aliphatic heterocycles. The molecule has 0 aromatic heterocycles. The number of hydrogen-bond acceptors (Lipinski definition) is 11. The van der Waals surface area contributed by atoms with Crippen LogP contribution in [0.25, 0.3) is 0 Å². The predicted octanol–water partition coefficient (Wildman–Crippen LogP) is 0.601. The zero-order chi connectivity index (χ0) is 18.3. The Morgan fingerprint density at radius 3 is 1.39 bits per heavy atom. The van der Waals surface area contributed by atoms with Crippen LogP contribution in [-0.4, -0.2) is 45.3 Å². The number of hydrogen-bond donors (Lipinski definition) is 0. The van der Waals surface area contributed by atoms with Crippen LogP contribution < -0.4 is 0 Å². The molecule has 1 rings (SSSR count). The summed E-state index contributed by atoms with van der Waals surface area (Å²) in [5, 5.41) is 44.2. The maximum absolute atomic E-state index is 8.25. The molecular weight excluding hydrogens is 449 g/mol. The van der Waals surface area contributed by atoms with E-state index in [1.807, 2.05) is 0 Å². The first-order chi connectivity index (χ1) is 9.88. The Morgan fingerprint density at radius 1 is 0.913 bits per heavy atom. The minimum absolute atomic E-state index is 0. The first-order valence-electron chi connectivity index (χ1n) is 5.45. The largest absolute Gasteiger partial charge is 3.00 e. The van der Waals surface area contributed by atoms with Gasteiger partial charge in [-0.05, 0) is 5.92 Å². The molecule has 0 aromatic carbocycles. The van der Waals surface area contributed by atoms with Crippen molar-refractivity contribution in [2.24, 2.45) is 5.92 Å². The normalized spacial score (nSPS) is 10.8. The van der Waals surface area contributed by atoms with E-state index in [0.717, 1.165) is 12.6 Å². The summed E-state index contributed by atoms with van der Waals surface area (Å²) in [5.74, 6) is 0.760. The molecule has 130 valence electrons. The van der Waals surface area contributed by atoms with Crippen molar-refractivity contribution in [1.29, 1.82) is 0 Å². The predicted molar refractivity (Wildman–Crippen MR) is 74.4 cm³/mol. The number of rotatable bonds is 2. The summed E-state index contributed by atoms with van der Waals surface area (Å²) in [4.78, 5) is 29.3. The van der Waals surface area contributed by atoms with E-state index in [-0.39, 0.29) is 35.6 Å². The number of nitrogens with zero attached hydrogens (tertiary/aromatic N) is 5. The Labute approximate surface area is 158 Å². The van der Waals surface area contributed by atoms with Gasteiger partial charge in [0.25, 0.3) is 0 Å². The molecule has 14 nitrogen and oxygen atoms in total. The van der Waals surface area contributed by atoms with Crippen LogP contribution in [0.2, 0.25) is 0 Å². The molecule has 0 radical (unpaired) electrons. The average Bonchev–Trinajstić information content (AvgIpc) is 2.59. The molecule has 15 heteroatoms. The van der Waals surface area contributed by atoms with E-state index >= 15 is 0 Å². The van der Waals surface area contributed by atoms with Crippen LogP contribution in [0.5, 0.6) is 0 Å². The fourth-order valence-electron chi connectivity index (χ4n) is 1.18. The van der Waals surface area contributed by atoms with E-state index in [0.29, 0.717) is 0 Å². The Hall–Kier alpha value is -1.87. The quantitative estimate of drug-likeness (QED) is 0.408. The molecule has 0 aliphatic carbocycles. The summed E-state index contributed by atoms with van der Waals surface area (Å²) in [6.45, 7) is 6.71. The van der Waals surface area contributed by atoms with Crippen molar-refractivity contribution in [3.05, 3.63) is 58.4 Å². The monoisotopic (exact) mass is 465 g/mol. The van der Waals surface area contributed by atoms with Crippen molar-refractivity contribution in [2.45, 2.75) is 13.8 Å². The van der Waals surface area contributed by atoms with E-state index in [4.69, 9.17) is 46.0 Å². The smallest absolute Gasteiger partial charge is 0.362 e. The first kappa shape index (κ1) is 29.2. The Bertz CT molecular complexity index is 327. The van der Waals surface area contributed by atoms with E-state index in [2.05, 4.69) is 43.1 Å². The van der Waals surface area contributed by atoms with Crippen molar-refractivity contribution < 1.29 is 50.9 Å². The minimum Gasteiger partial charge on any atom is -0.362 e. The van der Waals surface area contributed by atoms with E-state index in [1.165, 1.54) is 6.54 Å². The van der Waals surface area contributed by atoms with Gasteiger partial charge in [0.15, 0.2) is 0 Å². The molecule has 0 N–H and O–H groups in total. The molecule has 0 saturated heterocycles. The molecule has 0 unspecified atom stereocenters. The molecule has 0 spiro atoms. The molecule has 0 bridgehead atoms. The van der Waals surface area contributed by atoms with Gasteiger partial charge in [-0.25, -0.2) is 0 Å². The van der Waals surface area contributed by atoms with E-state index in [9.17, 15) is 0 Å². The Morgan fingerprint density at radius 2 is 1.22 bits per heavy atom. The zero-order valence-corrected chi connectivity index (χ0v) is 16.3. The average molecular weight is 465 g/mol. The van der Waals surface area contributed by atoms with Crippen LogP contribution in [0.4, 0.5) is 0 Å². The standard InChI is InChI=1S/C8H16N2.La.3NO3/c1-8(2)6-10-5-4-9(3)7-10;;3*2-1(3)4/h4-5,8H,6-7H2,1-3H3;;;;/q;+3;3*-1. The third-order valence-electron chi connectivity index (χ3n) is 1.54. The van der Waals surface area contributed by atoms with E-state index < -0.39 is 15.3 Å². The zero-order valence-electron chi connectivity index (χ0n) is 12.6. The topological polar surface area (TPSA) is 205 Å².